The number of carbonyl (C=O) groups excluding carboxylic acids is 2. The van der Waals surface area contributed by atoms with Crippen LogP contribution in [0.1, 0.15) is 52.0 Å². The van der Waals surface area contributed by atoms with Crippen LogP contribution in [-0.2, 0) is 20.7 Å². The van der Waals surface area contributed by atoms with Crippen molar-refractivity contribution in [2.24, 2.45) is 5.92 Å². The van der Waals surface area contributed by atoms with Crippen molar-refractivity contribution < 1.29 is 14.3 Å². The Morgan fingerprint density at radius 2 is 1.80 bits per heavy atom. The monoisotopic (exact) mass is 346 g/mol. The van der Waals surface area contributed by atoms with Gasteiger partial charge in [-0.05, 0) is 50.3 Å². The van der Waals surface area contributed by atoms with Crippen LogP contribution in [0, 0.1) is 5.92 Å². The Balaban J connectivity index is 1.76. The number of ether oxygens (including phenoxy) is 1. The van der Waals surface area contributed by atoms with Crippen LogP contribution in [0.25, 0.3) is 0 Å². The molecule has 2 atom stereocenters. The normalized spacial score (nSPS) is 20.3. The first-order valence-electron chi connectivity index (χ1n) is 9.24. The Morgan fingerprint density at radius 3 is 2.44 bits per heavy atom. The molecule has 2 rings (SSSR count). The van der Waals surface area contributed by atoms with Gasteiger partial charge >= 0.3 is 0 Å². The molecular weight excluding hydrogens is 316 g/mol. The zero-order valence-corrected chi connectivity index (χ0v) is 15.5. The van der Waals surface area contributed by atoms with E-state index in [4.69, 9.17) is 4.74 Å². The molecule has 138 valence electrons. The molecular formula is C20H30N2O3. The first kappa shape index (κ1) is 19.4. The molecule has 1 aromatic carbocycles. The van der Waals surface area contributed by atoms with Gasteiger partial charge in [-0.15, -0.1) is 0 Å². The smallest absolute Gasteiger partial charge is 0.250 e. The summed E-state index contributed by atoms with van der Waals surface area (Å²) in [4.78, 5) is 23.8. The minimum Gasteiger partial charge on any atom is -0.368 e. The fourth-order valence-corrected chi connectivity index (χ4v) is 3.17. The van der Waals surface area contributed by atoms with E-state index in [9.17, 15) is 9.59 Å². The lowest BCUT2D eigenvalue weighted by atomic mass is 9.88. The maximum absolute atomic E-state index is 12.0. The molecule has 0 aromatic heterocycles. The van der Waals surface area contributed by atoms with E-state index in [2.05, 4.69) is 17.6 Å². The maximum atomic E-state index is 12.0. The summed E-state index contributed by atoms with van der Waals surface area (Å²) in [5, 5.41) is 5.71. The van der Waals surface area contributed by atoms with Crippen molar-refractivity contribution in [2.45, 2.75) is 65.0 Å². The van der Waals surface area contributed by atoms with Gasteiger partial charge in [-0.1, -0.05) is 31.9 Å². The fraction of sp³-hybridized carbons (Fsp3) is 0.600. The van der Waals surface area contributed by atoms with Gasteiger partial charge < -0.3 is 15.4 Å². The zero-order valence-electron chi connectivity index (χ0n) is 15.5. The van der Waals surface area contributed by atoms with E-state index >= 15 is 0 Å². The minimum atomic E-state index is -0.136. The van der Waals surface area contributed by atoms with Crippen LogP contribution in [-0.4, -0.2) is 30.6 Å². The van der Waals surface area contributed by atoms with Gasteiger partial charge in [0.1, 0.15) is 6.61 Å². The number of carbonyl (C=O) groups is 2. The largest absolute Gasteiger partial charge is 0.368 e. The highest BCUT2D eigenvalue weighted by Crippen LogP contribution is 2.26. The number of rotatable bonds is 7. The SMILES string of the molecule is CC(C)NC(=O)Cc1ccc(NC(=O)CO[C@H]2CCCC[C@H]2C)cc1. The van der Waals surface area contributed by atoms with Crippen molar-refractivity contribution in [3.8, 4) is 0 Å². The van der Waals surface area contributed by atoms with Crippen LogP contribution in [0.2, 0.25) is 0 Å². The Hall–Kier alpha value is -1.88. The van der Waals surface area contributed by atoms with Gasteiger partial charge in [0, 0.05) is 11.7 Å². The highest BCUT2D eigenvalue weighted by molar-refractivity contribution is 5.91. The third-order valence-corrected chi connectivity index (χ3v) is 4.51. The summed E-state index contributed by atoms with van der Waals surface area (Å²) >= 11 is 0. The Labute approximate surface area is 150 Å². The molecule has 1 aliphatic rings. The Kier molecular flexibility index (Phi) is 7.44. The van der Waals surface area contributed by atoms with Crippen molar-refractivity contribution in [3.63, 3.8) is 0 Å². The summed E-state index contributed by atoms with van der Waals surface area (Å²) < 4.78 is 5.78. The molecule has 1 aromatic rings. The van der Waals surface area contributed by atoms with Gasteiger partial charge in [0.15, 0.2) is 0 Å². The van der Waals surface area contributed by atoms with E-state index in [1.54, 1.807) is 0 Å². The molecule has 2 amide bonds. The summed E-state index contributed by atoms with van der Waals surface area (Å²) in [6.45, 7) is 6.16. The summed E-state index contributed by atoms with van der Waals surface area (Å²) in [7, 11) is 0. The molecule has 0 bridgehead atoms. The lowest BCUT2D eigenvalue weighted by Crippen LogP contribution is -2.31. The van der Waals surface area contributed by atoms with Crippen molar-refractivity contribution in [2.75, 3.05) is 11.9 Å². The average Bonchev–Trinajstić information content (AvgIpc) is 2.55. The van der Waals surface area contributed by atoms with Crippen LogP contribution < -0.4 is 10.6 Å². The standard InChI is InChI=1S/C20H30N2O3/c1-14(2)21-19(23)12-16-8-10-17(11-9-16)22-20(24)13-25-18-7-5-4-6-15(18)3/h8-11,14-15,18H,4-7,12-13H2,1-3H3,(H,21,23)(H,22,24)/t15-,18+/m1/s1. The van der Waals surface area contributed by atoms with E-state index in [1.807, 2.05) is 38.1 Å². The number of hydrogen-bond acceptors (Lipinski definition) is 3. The number of nitrogens with one attached hydrogen (secondary N) is 2. The first-order chi connectivity index (χ1) is 11.9. The number of hydrogen-bond donors (Lipinski definition) is 2. The topological polar surface area (TPSA) is 67.4 Å². The highest BCUT2D eigenvalue weighted by Gasteiger charge is 2.22. The third-order valence-electron chi connectivity index (χ3n) is 4.51. The Morgan fingerprint density at radius 1 is 1.12 bits per heavy atom. The van der Waals surface area contributed by atoms with Crippen LogP contribution in [0.4, 0.5) is 5.69 Å². The average molecular weight is 346 g/mol. The van der Waals surface area contributed by atoms with Gasteiger partial charge in [0.05, 0.1) is 12.5 Å². The van der Waals surface area contributed by atoms with E-state index in [-0.39, 0.29) is 30.6 Å². The highest BCUT2D eigenvalue weighted by atomic mass is 16.5. The molecule has 1 aliphatic carbocycles. The molecule has 0 saturated heterocycles. The maximum Gasteiger partial charge on any atom is 0.250 e. The van der Waals surface area contributed by atoms with Gasteiger partial charge in [0.2, 0.25) is 11.8 Å². The van der Waals surface area contributed by atoms with Crippen LogP contribution in [0.15, 0.2) is 24.3 Å². The number of benzene rings is 1. The van der Waals surface area contributed by atoms with Gasteiger partial charge in [-0.2, -0.15) is 0 Å². The van der Waals surface area contributed by atoms with E-state index < -0.39 is 0 Å². The van der Waals surface area contributed by atoms with Gasteiger partial charge in [-0.25, -0.2) is 0 Å². The quantitative estimate of drug-likeness (QED) is 0.796. The second kappa shape index (κ2) is 9.56. The van der Waals surface area contributed by atoms with Crippen molar-refractivity contribution in [1.82, 2.24) is 5.32 Å². The van der Waals surface area contributed by atoms with E-state index in [0.717, 1.165) is 17.7 Å². The molecule has 0 heterocycles. The molecule has 5 nitrogen and oxygen atoms in total. The van der Waals surface area contributed by atoms with Crippen molar-refractivity contribution >= 4 is 17.5 Å². The predicted octanol–water partition coefficient (Wildman–Crippen LogP) is 3.29. The molecule has 0 radical (unpaired) electrons. The molecule has 0 spiro atoms. The second-order valence-electron chi connectivity index (χ2n) is 7.26. The van der Waals surface area contributed by atoms with Gasteiger partial charge in [-0.3, -0.25) is 9.59 Å². The molecule has 0 aliphatic heterocycles. The van der Waals surface area contributed by atoms with Crippen molar-refractivity contribution in [1.29, 1.82) is 0 Å². The number of anilines is 1. The molecule has 0 unspecified atom stereocenters. The van der Waals surface area contributed by atoms with Crippen LogP contribution in [0.5, 0.6) is 0 Å². The van der Waals surface area contributed by atoms with Gasteiger partial charge in [0.25, 0.3) is 0 Å². The minimum absolute atomic E-state index is 0.00165. The summed E-state index contributed by atoms with van der Waals surface area (Å²) in [5.41, 5.74) is 1.64. The number of amides is 2. The zero-order chi connectivity index (χ0) is 18.2. The summed E-state index contributed by atoms with van der Waals surface area (Å²) in [5.74, 6) is 0.391. The molecule has 5 heteroatoms. The van der Waals surface area contributed by atoms with E-state index in [1.165, 1.54) is 19.3 Å². The van der Waals surface area contributed by atoms with Crippen molar-refractivity contribution in [3.05, 3.63) is 29.8 Å². The lowest BCUT2D eigenvalue weighted by molar-refractivity contribution is -0.124. The molecule has 1 saturated carbocycles. The molecule has 2 N–H and O–H groups in total. The fourth-order valence-electron chi connectivity index (χ4n) is 3.17. The van der Waals surface area contributed by atoms with E-state index in [0.29, 0.717) is 12.3 Å². The molecule has 25 heavy (non-hydrogen) atoms. The summed E-state index contributed by atoms with van der Waals surface area (Å²) in [6, 6.07) is 7.50. The predicted molar refractivity (Wildman–Crippen MR) is 99.4 cm³/mol. The van der Waals surface area contributed by atoms with Crippen LogP contribution in [0.3, 0.4) is 0 Å². The summed E-state index contributed by atoms with van der Waals surface area (Å²) in [6.07, 6.45) is 5.20. The molecule has 1 fully saturated rings. The first-order valence-corrected chi connectivity index (χ1v) is 9.24. The van der Waals surface area contributed by atoms with Crippen LogP contribution >= 0.6 is 0 Å². The lowest BCUT2D eigenvalue weighted by Gasteiger charge is -2.28. The second-order valence-corrected chi connectivity index (χ2v) is 7.26. The third kappa shape index (κ3) is 6.86. The Bertz CT molecular complexity index is 569.